The highest BCUT2D eigenvalue weighted by molar-refractivity contribution is 6.31. The second kappa shape index (κ2) is 10.2. The van der Waals surface area contributed by atoms with Crippen molar-refractivity contribution in [3.63, 3.8) is 0 Å². The third-order valence-corrected chi connectivity index (χ3v) is 5.87. The number of hydrogen-bond acceptors (Lipinski definition) is 4. The number of urea groups is 1. The number of nitrogens with one attached hydrogen (secondary N) is 1. The third-order valence-electron chi connectivity index (χ3n) is 5.51. The fraction of sp³-hybridized carbons (Fsp3) is 0.600. The molecule has 0 spiro atoms. The fourth-order valence-electron chi connectivity index (χ4n) is 3.73. The molecule has 1 aromatic rings. The minimum Gasteiger partial charge on any atom is -0.339 e. The van der Waals surface area contributed by atoms with Crippen LogP contribution in [0.2, 0.25) is 5.02 Å². The van der Waals surface area contributed by atoms with Crippen LogP contribution in [0.15, 0.2) is 18.2 Å². The van der Waals surface area contributed by atoms with Crippen LogP contribution in [-0.4, -0.2) is 97.0 Å². The molecule has 3 amide bonds. The largest absolute Gasteiger partial charge is 0.339 e. The van der Waals surface area contributed by atoms with E-state index in [0.29, 0.717) is 82.6 Å². The van der Waals surface area contributed by atoms with Crippen molar-refractivity contribution in [2.45, 2.75) is 13.5 Å². The zero-order valence-electron chi connectivity index (χ0n) is 16.9. The van der Waals surface area contributed by atoms with Crippen LogP contribution in [0.25, 0.3) is 0 Å². The molecule has 0 saturated carbocycles. The van der Waals surface area contributed by atoms with Crippen molar-refractivity contribution in [3.05, 3.63) is 34.6 Å². The first-order chi connectivity index (χ1) is 14.0. The van der Waals surface area contributed by atoms with Crippen LogP contribution in [0, 0.1) is 5.82 Å². The van der Waals surface area contributed by atoms with Gasteiger partial charge in [0, 0.05) is 76.0 Å². The van der Waals surface area contributed by atoms with E-state index in [1.54, 1.807) is 17.0 Å². The molecule has 2 saturated heterocycles. The molecule has 2 fully saturated rings. The maximum Gasteiger partial charge on any atom is 0.317 e. The zero-order valence-corrected chi connectivity index (χ0v) is 17.6. The van der Waals surface area contributed by atoms with E-state index in [1.165, 1.54) is 6.07 Å². The lowest BCUT2D eigenvalue weighted by atomic mass is 10.2. The second-order valence-electron chi connectivity index (χ2n) is 7.46. The third kappa shape index (κ3) is 5.81. The summed E-state index contributed by atoms with van der Waals surface area (Å²) < 4.78 is 14.0. The molecule has 1 N–H and O–H groups in total. The predicted octanol–water partition coefficient (Wildman–Crippen LogP) is 1.47. The van der Waals surface area contributed by atoms with E-state index in [9.17, 15) is 14.0 Å². The molecule has 9 heteroatoms. The number of amides is 3. The van der Waals surface area contributed by atoms with E-state index in [4.69, 9.17) is 11.6 Å². The van der Waals surface area contributed by atoms with Gasteiger partial charge in [0.05, 0.1) is 6.54 Å². The van der Waals surface area contributed by atoms with Crippen molar-refractivity contribution >= 4 is 23.5 Å². The average molecular weight is 426 g/mol. The van der Waals surface area contributed by atoms with E-state index >= 15 is 0 Å². The lowest BCUT2D eigenvalue weighted by Crippen LogP contribution is -2.55. The molecular weight excluding hydrogens is 397 g/mol. The van der Waals surface area contributed by atoms with Gasteiger partial charge in [0.15, 0.2) is 0 Å². The number of piperazine rings is 2. The number of rotatable bonds is 5. The molecule has 0 radical (unpaired) electrons. The van der Waals surface area contributed by atoms with Crippen LogP contribution < -0.4 is 5.32 Å². The first-order valence-corrected chi connectivity index (χ1v) is 10.5. The van der Waals surface area contributed by atoms with Crippen molar-refractivity contribution in [2.24, 2.45) is 0 Å². The highest BCUT2D eigenvalue weighted by atomic mass is 35.5. The second-order valence-corrected chi connectivity index (χ2v) is 7.86. The van der Waals surface area contributed by atoms with Crippen LogP contribution in [0.3, 0.4) is 0 Å². The molecular formula is C20H29ClFN5O2. The Morgan fingerprint density at radius 1 is 1.00 bits per heavy atom. The van der Waals surface area contributed by atoms with E-state index in [2.05, 4.69) is 15.1 Å². The lowest BCUT2D eigenvalue weighted by Gasteiger charge is -2.38. The summed E-state index contributed by atoms with van der Waals surface area (Å²) in [7, 11) is 0. The molecule has 0 aliphatic carbocycles. The molecule has 0 bridgehead atoms. The Hall–Kier alpha value is -1.90. The molecule has 3 rings (SSSR count). The summed E-state index contributed by atoms with van der Waals surface area (Å²) in [6.07, 6.45) is 0. The van der Waals surface area contributed by atoms with Gasteiger partial charge in [-0.3, -0.25) is 14.6 Å². The number of hydrogen-bond donors (Lipinski definition) is 1. The predicted molar refractivity (Wildman–Crippen MR) is 110 cm³/mol. The fourth-order valence-corrected chi connectivity index (χ4v) is 3.95. The number of halogens is 2. The summed E-state index contributed by atoms with van der Waals surface area (Å²) in [5, 5.41) is 3.25. The van der Waals surface area contributed by atoms with Crippen molar-refractivity contribution < 1.29 is 14.0 Å². The van der Waals surface area contributed by atoms with Crippen molar-refractivity contribution in [1.29, 1.82) is 0 Å². The molecule has 2 heterocycles. The van der Waals surface area contributed by atoms with Crippen molar-refractivity contribution in [2.75, 3.05) is 65.4 Å². The summed E-state index contributed by atoms with van der Waals surface area (Å²) in [6, 6.07) is 4.69. The smallest absolute Gasteiger partial charge is 0.317 e. The van der Waals surface area contributed by atoms with Crippen molar-refractivity contribution in [1.82, 2.24) is 24.9 Å². The van der Waals surface area contributed by atoms with Gasteiger partial charge in [-0.05, 0) is 19.1 Å². The molecule has 2 aliphatic rings. The van der Waals surface area contributed by atoms with Gasteiger partial charge < -0.3 is 15.1 Å². The van der Waals surface area contributed by atoms with Crippen LogP contribution in [0.5, 0.6) is 0 Å². The summed E-state index contributed by atoms with van der Waals surface area (Å²) in [4.78, 5) is 32.4. The normalized spacial score (nSPS) is 18.7. The number of carbonyl (C=O) groups is 2. The van der Waals surface area contributed by atoms with Gasteiger partial charge in [-0.15, -0.1) is 0 Å². The summed E-state index contributed by atoms with van der Waals surface area (Å²) in [6.45, 7) is 8.67. The summed E-state index contributed by atoms with van der Waals surface area (Å²) in [5.41, 5.74) is 0.513. The van der Waals surface area contributed by atoms with E-state index in [-0.39, 0.29) is 17.8 Å². The van der Waals surface area contributed by atoms with Crippen molar-refractivity contribution in [3.8, 4) is 0 Å². The van der Waals surface area contributed by atoms with E-state index < -0.39 is 0 Å². The Bertz CT molecular complexity index is 699. The summed E-state index contributed by atoms with van der Waals surface area (Å²) >= 11 is 6.12. The topological polar surface area (TPSA) is 59.1 Å². The maximum atomic E-state index is 14.0. The van der Waals surface area contributed by atoms with Gasteiger partial charge in [0.2, 0.25) is 5.91 Å². The molecule has 7 nitrogen and oxygen atoms in total. The first-order valence-electron chi connectivity index (χ1n) is 10.2. The Morgan fingerprint density at radius 2 is 1.62 bits per heavy atom. The Kier molecular flexibility index (Phi) is 7.69. The highest BCUT2D eigenvalue weighted by Gasteiger charge is 2.26. The van der Waals surface area contributed by atoms with Gasteiger partial charge in [-0.25, -0.2) is 9.18 Å². The Balaban J connectivity index is 1.41. The minimum atomic E-state index is -0.289. The Morgan fingerprint density at radius 3 is 2.24 bits per heavy atom. The maximum absolute atomic E-state index is 14.0. The van der Waals surface area contributed by atoms with Gasteiger partial charge in [-0.1, -0.05) is 17.7 Å². The van der Waals surface area contributed by atoms with Gasteiger partial charge >= 0.3 is 6.03 Å². The molecule has 0 atom stereocenters. The molecule has 29 heavy (non-hydrogen) atoms. The first kappa shape index (κ1) is 21.8. The molecule has 0 aromatic heterocycles. The number of nitrogens with zero attached hydrogens (tertiary/aromatic N) is 4. The highest BCUT2D eigenvalue weighted by Crippen LogP contribution is 2.21. The minimum absolute atomic E-state index is 0.0374. The van der Waals surface area contributed by atoms with Crippen LogP contribution in [0.1, 0.15) is 12.5 Å². The molecule has 2 aliphatic heterocycles. The monoisotopic (exact) mass is 425 g/mol. The number of benzene rings is 1. The SMILES string of the molecule is CCNC(=O)N1CCN(CC(=O)N2CCN(Cc3c(F)cccc3Cl)CC2)CC1. The molecule has 1 aromatic carbocycles. The Labute approximate surface area is 176 Å². The van der Waals surface area contributed by atoms with Crippen LogP contribution in [0.4, 0.5) is 9.18 Å². The zero-order chi connectivity index (χ0) is 20.8. The van der Waals surface area contributed by atoms with Gasteiger partial charge in [0.1, 0.15) is 5.82 Å². The summed E-state index contributed by atoms with van der Waals surface area (Å²) in [5.74, 6) is -0.178. The van der Waals surface area contributed by atoms with E-state index in [0.717, 1.165) is 0 Å². The van der Waals surface area contributed by atoms with Crippen LogP contribution in [-0.2, 0) is 11.3 Å². The molecule has 160 valence electrons. The number of carbonyl (C=O) groups excluding carboxylic acids is 2. The van der Waals surface area contributed by atoms with E-state index in [1.807, 2.05) is 11.8 Å². The quantitative estimate of drug-likeness (QED) is 0.776. The van der Waals surface area contributed by atoms with Gasteiger partial charge in [0.25, 0.3) is 0 Å². The molecule has 0 unspecified atom stereocenters. The lowest BCUT2D eigenvalue weighted by molar-refractivity contribution is -0.134. The average Bonchev–Trinajstić information content (AvgIpc) is 2.72. The standard InChI is InChI=1S/C20H29ClFN5O2/c1-2-23-20(29)27-12-8-25(9-13-27)15-19(28)26-10-6-24(7-11-26)14-16-17(21)4-3-5-18(16)22/h3-5H,2,6-15H2,1H3,(H,23,29). The van der Waals surface area contributed by atoms with Gasteiger partial charge in [-0.2, -0.15) is 0 Å². The van der Waals surface area contributed by atoms with Crippen LogP contribution >= 0.6 is 11.6 Å².